The first-order valence-corrected chi connectivity index (χ1v) is 13.9. The lowest BCUT2D eigenvalue weighted by Crippen LogP contribution is -2.55. The predicted molar refractivity (Wildman–Crippen MR) is 159 cm³/mol. The van der Waals surface area contributed by atoms with Gasteiger partial charge in [-0.05, 0) is 111 Å². The SMILES string of the molecule is Cc1cc(N2C(=O)C3(CCC3)N(c3ccc(CCCC(=O)Nc4ccc(C#N)c(CF)c4)cc3)C2=S)ccc1C#N. The molecule has 0 unspecified atom stereocenters. The van der Waals surface area contributed by atoms with Gasteiger partial charge in [0.1, 0.15) is 12.2 Å². The molecule has 2 aliphatic rings. The molecule has 41 heavy (non-hydrogen) atoms. The van der Waals surface area contributed by atoms with Crippen LogP contribution >= 0.6 is 12.2 Å². The van der Waals surface area contributed by atoms with Gasteiger partial charge in [0.15, 0.2) is 5.11 Å². The van der Waals surface area contributed by atoms with E-state index >= 15 is 0 Å². The second-order valence-electron chi connectivity index (χ2n) is 10.4. The number of hydrogen-bond donors (Lipinski definition) is 1. The second kappa shape index (κ2) is 11.5. The predicted octanol–water partition coefficient (Wildman–Crippen LogP) is 6.23. The number of nitrogens with zero attached hydrogens (tertiary/aromatic N) is 4. The van der Waals surface area contributed by atoms with Gasteiger partial charge in [0.05, 0.1) is 29.0 Å². The summed E-state index contributed by atoms with van der Waals surface area (Å²) in [5.41, 5.74) is 4.22. The van der Waals surface area contributed by atoms with Gasteiger partial charge in [0.2, 0.25) is 5.91 Å². The first-order chi connectivity index (χ1) is 19.8. The van der Waals surface area contributed by atoms with Gasteiger partial charge in [-0.2, -0.15) is 10.5 Å². The third-order valence-electron chi connectivity index (χ3n) is 7.90. The number of benzene rings is 3. The van der Waals surface area contributed by atoms with Gasteiger partial charge in [-0.3, -0.25) is 14.5 Å². The zero-order valence-corrected chi connectivity index (χ0v) is 23.4. The Morgan fingerprint density at radius 1 is 1.02 bits per heavy atom. The van der Waals surface area contributed by atoms with Gasteiger partial charge in [0.25, 0.3) is 5.91 Å². The number of carbonyl (C=O) groups excluding carboxylic acids is 2. The molecule has 0 atom stereocenters. The molecule has 1 saturated carbocycles. The summed E-state index contributed by atoms with van der Waals surface area (Å²) < 4.78 is 13.1. The number of carbonyl (C=O) groups is 2. The Kier molecular flexibility index (Phi) is 7.83. The fourth-order valence-corrected chi connectivity index (χ4v) is 5.97. The van der Waals surface area contributed by atoms with Crippen LogP contribution in [0.15, 0.2) is 60.7 Å². The van der Waals surface area contributed by atoms with Crippen LogP contribution in [0, 0.1) is 29.6 Å². The zero-order valence-electron chi connectivity index (χ0n) is 22.6. The average molecular weight is 566 g/mol. The third kappa shape index (κ3) is 5.17. The molecule has 1 aliphatic carbocycles. The number of anilines is 3. The van der Waals surface area contributed by atoms with Crippen LogP contribution in [0.3, 0.4) is 0 Å². The molecule has 7 nitrogen and oxygen atoms in total. The first-order valence-electron chi connectivity index (χ1n) is 13.5. The highest BCUT2D eigenvalue weighted by atomic mass is 32.1. The Labute approximate surface area is 243 Å². The van der Waals surface area contributed by atoms with Crippen LogP contribution in [0.5, 0.6) is 0 Å². The van der Waals surface area contributed by atoms with Crippen LogP contribution in [0.2, 0.25) is 0 Å². The number of thiocarbonyl (C=S) groups is 1. The quantitative estimate of drug-likeness (QED) is 0.325. The van der Waals surface area contributed by atoms with Crippen molar-refractivity contribution in [3.05, 3.63) is 88.5 Å². The fourth-order valence-electron chi connectivity index (χ4n) is 5.50. The highest BCUT2D eigenvalue weighted by molar-refractivity contribution is 7.81. The van der Waals surface area contributed by atoms with E-state index in [2.05, 4.69) is 11.4 Å². The number of rotatable bonds is 8. The maximum atomic E-state index is 13.7. The Hall–Kier alpha value is -4.60. The zero-order chi connectivity index (χ0) is 29.1. The minimum absolute atomic E-state index is 0.0335. The van der Waals surface area contributed by atoms with Crippen LogP contribution in [-0.4, -0.2) is 22.5 Å². The molecule has 1 spiro atoms. The average Bonchev–Trinajstić information content (AvgIpc) is 3.19. The van der Waals surface area contributed by atoms with Crippen molar-refractivity contribution >= 4 is 46.2 Å². The number of alkyl halides is 1. The molecule has 9 heteroatoms. The van der Waals surface area contributed by atoms with Crippen molar-refractivity contribution in [1.82, 2.24) is 0 Å². The molecule has 3 aromatic rings. The molecule has 1 aliphatic heterocycles. The Morgan fingerprint density at radius 3 is 2.32 bits per heavy atom. The third-order valence-corrected chi connectivity index (χ3v) is 8.26. The molecule has 1 saturated heterocycles. The van der Waals surface area contributed by atoms with Crippen LogP contribution in [0.25, 0.3) is 0 Å². The van der Waals surface area contributed by atoms with Gasteiger partial charge < -0.3 is 10.2 Å². The molecule has 1 N–H and O–H groups in total. The number of hydrogen-bond acceptors (Lipinski definition) is 5. The standard InChI is InChI=1S/C32H28FN5O2S/c1-21-16-28(13-9-23(21)19-34)37-30(40)32(14-3-15-32)38(31(37)41)27-11-6-22(7-12-27)4-2-5-29(39)36-26-10-8-24(20-35)25(17-26)18-33/h6-13,16-17H,2-5,14-15,18H2,1H3,(H,36,39). The van der Waals surface area contributed by atoms with Crippen molar-refractivity contribution in [2.75, 3.05) is 15.1 Å². The number of aryl methyl sites for hydroxylation is 2. The summed E-state index contributed by atoms with van der Waals surface area (Å²) in [5, 5.41) is 21.5. The first kappa shape index (κ1) is 27.9. The van der Waals surface area contributed by atoms with E-state index in [0.29, 0.717) is 41.3 Å². The van der Waals surface area contributed by atoms with Crippen LogP contribution < -0.4 is 15.1 Å². The van der Waals surface area contributed by atoms with Crippen molar-refractivity contribution in [2.24, 2.45) is 0 Å². The van der Waals surface area contributed by atoms with E-state index in [1.807, 2.05) is 48.2 Å². The summed E-state index contributed by atoms with van der Waals surface area (Å²) in [6.45, 7) is 1.08. The van der Waals surface area contributed by atoms with Gasteiger partial charge in [-0.25, -0.2) is 4.39 Å². The molecule has 3 aromatic carbocycles. The molecule has 206 valence electrons. The van der Waals surface area contributed by atoms with Crippen molar-refractivity contribution in [3.8, 4) is 12.1 Å². The number of halogens is 1. The minimum atomic E-state index is -0.771. The molecule has 0 radical (unpaired) electrons. The van der Waals surface area contributed by atoms with Crippen LogP contribution in [0.1, 0.15) is 59.9 Å². The Bertz CT molecular complexity index is 1620. The molecule has 1 heterocycles. The van der Waals surface area contributed by atoms with Crippen molar-refractivity contribution in [3.63, 3.8) is 0 Å². The number of nitriles is 2. The van der Waals surface area contributed by atoms with E-state index in [4.69, 9.17) is 17.5 Å². The van der Waals surface area contributed by atoms with Crippen molar-refractivity contribution < 1.29 is 14.0 Å². The lowest BCUT2D eigenvalue weighted by molar-refractivity contribution is -0.124. The largest absolute Gasteiger partial charge is 0.326 e. The monoisotopic (exact) mass is 565 g/mol. The summed E-state index contributed by atoms with van der Waals surface area (Å²) in [5.74, 6) is -0.212. The van der Waals surface area contributed by atoms with Crippen molar-refractivity contribution in [2.45, 2.75) is 57.7 Å². The summed E-state index contributed by atoms with van der Waals surface area (Å²) in [6, 6.07) is 21.9. The van der Waals surface area contributed by atoms with Gasteiger partial charge in [0, 0.05) is 23.4 Å². The van der Waals surface area contributed by atoms with Gasteiger partial charge >= 0.3 is 0 Å². The maximum Gasteiger partial charge on any atom is 0.259 e. The van der Waals surface area contributed by atoms with Crippen molar-refractivity contribution in [1.29, 1.82) is 10.5 Å². The van der Waals surface area contributed by atoms with Crippen LogP contribution in [-0.2, 0) is 22.7 Å². The van der Waals surface area contributed by atoms with E-state index in [1.54, 1.807) is 23.1 Å². The molecular weight excluding hydrogens is 537 g/mol. The van der Waals surface area contributed by atoms with Gasteiger partial charge in [-0.15, -0.1) is 0 Å². The van der Waals surface area contributed by atoms with E-state index < -0.39 is 12.2 Å². The highest BCUT2D eigenvalue weighted by Gasteiger charge is 2.59. The molecule has 0 aromatic heterocycles. The fraction of sp³-hybridized carbons (Fsp3) is 0.281. The molecule has 2 fully saturated rings. The molecule has 2 amide bonds. The smallest absolute Gasteiger partial charge is 0.259 e. The lowest BCUT2D eigenvalue weighted by Gasteiger charge is -2.43. The lowest BCUT2D eigenvalue weighted by atomic mass is 9.75. The summed E-state index contributed by atoms with van der Waals surface area (Å²) in [7, 11) is 0. The van der Waals surface area contributed by atoms with Gasteiger partial charge in [-0.1, -0.05) is 12.1 Å². The summed E-state index contributed by atoms with van der Waals surface area (Å²) >= 11 is 5.86. The highest BCUT2D eigenvalue weighted by Crippen LogP contribution is 2.47. The minimum Gasteiger partial charge on any atom is -0.326 e. The Morgan fingerprint density at radius 2 is 1.71 bits per heavy atom. The summed E-state index contributed by atoms with van der Waals surface area (Å²) in [6.07, 6.45) is 3.99. The summed E-state index contributed by atoms with van der Waals surface area (Å²) in [4.78, 5) is 29.7. The molecule has 5 rings (SSSR count). The van der Waals surface area contributed by atoms with E-state index in [0.717, 1.165) is 36.1 Å². The number of amides is 2. The normalized spacial score (nSPS) is 15.4. The molecule has 0 bridgehead atoms. The van der Waals surface area contributed by atoms with E-state index in [9.17, 15) is 19.2 Å². The van der Waals surface area contributed by atoms with E-state index in [1.165, 1.54) is 12.1 Å². The topological polar surface area (TPSA) is 100 Å². The number of nitrogens with one attached hydrogen (secondary N) is 1. The maximum absolute atomic E-state index is 13.7. The molecular formula is C32H28FN5O2S. The second-order valence-corrected chi connectivity index (χ2v) is 10.8. The Balaban J connectivity index is 1.24. The van der Waals surface area contributed by atoms with Crippen LogP contribution in [0.4, 0.5) is 21.5 Å². The van der Waals surface area contributed by atoms with E-state index in [-0.39, 0.29) is 22.9 Å².